The van der Waals surface area contributed by atoms with E-state index < -0.39 is 22.7 Å². The van der Waals surface area contributed by atoms with Crippen LogP contribution >= 0.6 is 11.3 Å². The second-order valence-corrected chi connectivity index (χ2v) is 7.17. The number of anilines is 2. The lowest BCUT2D eigenvalue weighted by molar-refractivity contribution is -0.140. The number of amides is 1. The third-order valence-corrected chi connectivity index (χ3v) is 4.97. The fourth-order valence-electron chi connectivity index (χ4n) is 2.66. The summed E-state index contributed by atoms with van der Waals surface area (Å²) in [5, 5.41) is 8.85. The molecule has 0 saturated carbocycles. The van der Waals surface area contributed by atoms with Gasteiger partial charge in [0.05, 0.1) is 0 Å². The highest BCUT2D eigenvalue weighted by atomic mass is 32.1. The molecule has 5 nitrogen and oxygen atoms in total. The summed E-state index contributed by atoms with van der Waals surface area (Å²) < 4.78 is 39.7. The Bertz CT molecular complexity index is 1060. The molecule has 0 fully saturated rings. The number of rotatable bonds is 5. The summed E-state index contributed by atoms with van der Waals surface area (Å²) in [4.78, 5) is 21.1. The number of alkyl halides is 3. The van der Waals surface area contributed by atoms with Gasteiger partial charge in [-0.15, -0.1) is 0 Å². The number of halogens is 3. The first-order valence-corrected chi connectivity index (χ1v) is 9.39. The van der Waals surface area contributed by atoms with Crippen LogP contribution in [-0.2, 0) is 17.4 Å². The van der Waals surface area contributed by atoms with Crippen LogP contribution in [-0.4, -0.2) is 15.9 Å². The Morgan fingerprint density at radius 1 is 1.24 bits per heavy atom. The van der Waals surface area contributed by atoms with Crippen LogP contribution in [0.1, 0.15) is 28.1 Å². The third kappa shape index (κ3) is 4.78. The molecule has 0 aliphatic heterocycles. The van der Waals surface area contributed by atoms with Crippen LogP contribution in [0.5, 0.6) is 0 Å². The van der Waals surface area contributed by atoms with Gasteiger partial charge < -0.3 is 0 Å². The number of carbonyl (C=O) groups is 1. The van der Waals surface area contributed by atoms with Crippen LogP contribution < -0.4 is 4.90 Å². The molecule has 3 rings (SSSR count). The number of nitriles is 1. The summed E-state index contributed by atoms with van der Waals surface area (Å²) in [6.07, 6.45) is -2.88. The molecule has 2 heterocycles. The molecule has 1 amide bonds. The minimum atomic E-state index is -4.79. The zero-order valence-electron chi connectivity index (χ0n) is 15.3. The second kappa shape index (κ2) is 8.41. The average molecular weight is 416 g/mol. The lowest BCUT2D eigenvalue weighted by Crippen LogP contribution is -2.27. The Balaban J connectivity index is 1.99. The zero-order chi connectivity index (χ0) is 21.0. The van der Waals surface area contributed by atoms with E-state index in [2.05, 4.69) is 9.97 Å². The highest BCUT2D eigenvalue weighted by Gasteiger charge is 2.39. The summed E-state index contributed by atoms with van der Waals surface area (Å²) in [5.74, 6) is -0.297. The molecule has 1 aromatic carbocycles. The number of aryl methyl sites for hydroxylation is 2. The number of hydrogen-bond acceptors (Lipinski definition) is 5. The van der Waals surface area contributed by atoms with Crippen molar-refractivity contribution < 1.29 is 18.0 Å². The molecule has 3 aromatic rings. The van der Waals surface area contributed by atoms with E-state index in [9.17, 15) is 18.0 Å². The van der Waals surface area contributed by atoms with Crippen molar-refractivity contribution in [3.05, 3.63) is 70.4 Å². The van der Waals surface area contributed by atoms with Gasteiger partial charge in [0.15, 0.2) is 10.8 Å². The zero-order valence-corrected chi connectivity index (χ0v) is 16.1. The summed E-state index contributed by atoms with van der Waals surface area (Å²) in [6, 6.07) is 14.1. The van der Waals surface area contributed by atoms with Gasteiger partial charge in [-0.1, -0.05) is 41.7 Å². The Kier molecular flexibility index (Phi) is 5.94. The van der Waals surface area contributed by atoms with E-state index in [4.69, 9.17) is 5.26 Å². The normalized spacial score (nSPS) is 11.1. The number of carbonyl (C=O) groups excluding carboxylic acids is 1. The Morgan fingerprint density at radius 3 is 2.55 bits per heavy atom. The smallest absolute Gasteiger partial charge is 0.274 e. The van der Waals surface area contributed by atoms with Crippen LogP contribution in [0, 0.1) is 18.3 Å². The van der Waals surface area contributed by atoms with Gasteiger partial charge in [-0.05, 0) is 36.6 Å². The predicted molar refractivity (Wildman–Crippen MR) is 103 cm³/mol. The first-order chi connectivity index (χ1) is 13.8. The van der Waals surface area contributed by atoms with Crippen molar-refractivity contribution in [3.63, 3.8) is 0 Å². The van der Waals surface area contributed by atoms with E-state index >= 15 is 0 Å². The van der Waals surface area contributed by atoms with Crippen LogP contribution in [0.4, 0.5) is 24.1 Å². The van der Waals surface area contributed by atoms with Gasteiger partial charge in [0.1, 0.15) is 16.8 Å². The van der Waals surface area contributed by atoms with Gasteiger partial charge in [0.2, 0.25) is 5.91 Å². The number of hydrogen-bond donors (Lipinski definition) is 0. The average Bonchev–Trinajstić information content (AvgIpc) is 3.12. The quantitative estimate of drug-likeness (QED) is 0.585. The van der Waals surface area contributed by atoms with E-state index in [1.165, 1.54) is 12.3 Å². The van der Waals surface area contributed by atoms with Crippen molar-refractivity contribution >= 4 is 28.2 Å². The molecule has 0 spiro atoms. The third-order valence-electron chi connectivity index (χ3n) is 4.03. The fourth-order valence-corrected chi connectivity index (χ4v) is 3.56. The second-order valence-electron chi connectivity index (χ2n) is 6.19. The summed E-state index contributed by atoms with van der Waals surface area (Å²) in [7, 11) is 0. The molecule has 9 heteroatoms. The Labute approximate surface area is 169 Å². The van der Waals surface area contributed by atoms with Gasteiger partial charge in [0, 0.05) is 12.6 Å². The number of thiazole rings is 1. The van der Waals surface area contributed by atoms with Crippen molar-refractivity contribution in [3.8, 4) is 6.07 Å². The molecule has 0 unspecified atom stereocenters. The molecule has 0 saturated heterocycles. The highest BCUT2D eigenvalue weighted by molar-refractivity contribution is 7.16. The predicted octanol–water partition coefficient (Wildman–Crippen LogP) is 5.03. The van der Waals surface area contributed by atoms with E-state index in [-0.39, 0.29) is 17.4 Å². The number of aromatic nitrogens is 2. The molecule has 29 heavy (non-hydrogen) atoms. The molecule has 0 N–H and O–H groups in total. The van der Waals surface area contributed by atoms with E-state index in [1.54, 1.807) is 19.1 Å². The van der Waals surface area contributed by atoms with E-state index in [1.807, 2.05) is 30.3 Å². The molecule has 0 atom stereocenters. The summed E-state index contributed by atoms with van der Waals surface area (Å²) >= 11 is 0.518. The maximum Gasteiger partial charge on any atom is 0.435 e. The highest BCUT2D eigenvalue weighted by Crippen LogP contribution is 2.39. The lowest BCUT2D eigenvalue weighted by Gasteiger charge is -2.19. The molecule has 0 radical (unpaired) electrons. The SMILES string of the molecule is Cc1ccnc(N(C(=O)CCc2ccccc2)c2nc(C(F)(F)F)c(C#N)s2)c1. The van der Waals surface area contributed by atoms with E-state index in [0.717, 1.165) is 16.0 Å². The lowest BCUT2D eigenvalue weighted by atomic mass is 10.1. The maximum absolute atomic E-state index is 13.2. The fraction of sp³-hybridized carbons (Fsp3) is 0.200. The first-order valence-electron chi connectivity index (χ1n) is 8.57. The van der Waals surface area contributed by atoms with Crippen molar-refractivity contribution in [2.75, 3.05) is 4.90 Å². The molecule has 148 valence electrons. The minimum absolute atomic E-state index is 0.0441. The first kappa shape index (κ1) is 20.5. The van der Waals surface area contributed by atoms with Gasteiger partial charge in [-0.25, -0.2) is 14.9 Å². The van der Waals surface area contributed by atoms with Gasteiger partial charge in [-0.3, -0.25) is 4.79 Å². The molecule has 0 aliphatic carbocycles. The molecule has 0 aliphatic rings. The van der Waals surface area contributed by atoms with E-state index in [0.29, 0.717) is 17.8 Å². The molecule has 2 aromatic heterocycles. The molecular weight excluding hydrogens is 401 g/mol. The largest absolute Gasteiger partial charge is 0.435 e. The standard InChI is InChI=1S/C20H15F3N4OS/c1-13-9-10-25-16(11-13)27(17(28)8-7-14-5-3-2-4-6-14)19-26-18(20(21,22)23)15(12-24)29-19/h2-6,9-11H,7-8H2,1H3. The Morgan fingerprint density at radius 2 is 1.97 bits per heavy atom. The summed E-state index contributed by atoms with van der Waals surface area (Å²) in [5.41, 5.74) is 0.406. The monoisotopic (exact) mass is 416 g/mol. The summed E-state index contributed by atoms with van der Waals surface area (Å²) in [6.45, 7) is 1.78. The number of nitrogens with zero attached hydrogens (tertiary/aromatic N) is 4. The maximum atomic E-state index is 13.2. The van der Waals surface area contributed by atoms with Crippen molar-refractivity contribution in [2.45, 2.75) is 25.9 Å². The Hall–Kier alpha value is -3.25. The molecule has 0 bridgehead atoms. The number of pyridine rings is 1. The minimum Gasteiger partial charge on any atom is -0.274 e. The van der Waals surface area contributed by atoms with Crippen LogP contribution in [0.2, 0.25) is 0 Å². The van der Waals surface area contributed by atoms with Gasteiger partial charge in [0.25, 0.3) is 0 Å². The van der Waals surface area contributed by atoms with Gasteiger partial charge >= 0.3 is 6.18 Å². The molecular formula is C20H15F3N4OS. The van der Waals surface area contributed by atoms with Crippen LogP contribution in [0.3, 0.4) is 0 Å². The number of benzene rings is 1. The van der Waals surface area contributed by atoms with Crippen molar-refractivity contribution in [1.82, 2.24) is 9.97 Å². The van der Waals surface area contributed by atoms with Gasteiger partial charge in [-0.2, -0.15) is 18.4 Å². The van der Waals surface area contributed by atoms with Crippen molar-refractivity contribution in [1.29, 1.82) is 5.26 Å². The van der Waals surface area contributed by atoms with Crippen molar-refractivity contribution in [2.24, 2.45) is 0 Å². The van der Waals surface area contributed by atoms with Crippen LogP contribution in [0.15, 0.2) is 48.7 Å². The van der Waals surface area contributed by atoms with Crippen LogP contribution in [0.25, 0.3) is 0 Å². The topological polar surface area (TPSA) is 69.9 Å².